The van der Waals surface area contributed by atoms with E-state index in [9.17, 15) is 13.6 Å². The number of aromatic nitrogens is 2. The van der Waals surface area contributed by atoms with Gasteiger partial charge in [0.2, 0.25) is 0 Å². The van der Waals surface area contributed by atoms with Crippen molar-refractivity contribution in [2.75, 3.05) is 5.32 Å². The number of benzene rings is 1. The highest BCUT2D eigenvalue weighted by Gasteiger charge is 2.13. The maximum absolute atomic E-state index is 13.7. The molecule has 116 valence electrons. The number of thiazole rings is 1. The Morgan fingerprint density at radius 1 is 1.22 bits per heavy atom. The zero-order valence-electron chi connectivity index (χ0n) is 12.0. The third-order valence-electron chi connectivity index (χ3n) is 3.10. The quantitative estimate of drug-likeness (QED) is 0.788. The molecule has 0 aliphatic rings. The van der Waals surface area contributed by atoms with Crippen LogP contribution in [-0.4, -0.2) is 15.9 Å². The van der Waals surface area contributed by atoms with E-state index in [1.807, 2.05) is 6.92 Å². The van der Waals surface area contributed by atoms with E-state index in [-0.39, 0.29) is 17.2 Å². The largest absolute Gasteiger partial charge is 0.298 e. The Morgan fingerprint density at radius 2 is 2.04 bits per heavy atom. The number of carbonyl (C=O) groups is 1. The number of pyridine rings is 1. The fourth-order valence-electron chi connectivity index (χ4n) is 1.92. The van der Waals surface area contributed by atoms with Gasteiger partial charge in [-0.3, -0.25) is 15.1 Å². The van der Waals surface area contributed by atoms with Crippen LogP contribution in [0, 0.1) is 18.6 Å². The Hall–Kier alpha value is -2.67. The van der Waals surface area contributed by atoms with Gasteiger partial charge in [-0.2, -0.15) is 0 Å². The predicted octanol–water partition coefficient (Wildman–Crippen LogP) is 4.04. The highest BCUT2D eigenvalue weighted by molar-refractivity contribution is 7.14. The third-order valence-corrected chi connectivity index (χ3v) is 3.86. The summed E-state index contributed by atoms with van der Waals surface area (Å²) < 4.78 is 27.0. The summed E-state index contributed by atoms with van der Waals surface area (Å²) >= 11 is 1.13. The van der Waals surface area contributed by atoms with Crippen molar-refractivity contribution in [3.8, 4) is 11.3 Å². The van der Waals surface area contributed by atoms with Gasteiger partial charge >= 0.3 is 0 Å². The second-order valence-corrected chi connectivity index (χ2v) is 5.66. The summed E-state index contributed by atoms with van der Waals surface area (Å²) in [5.74, 6) is -1.49. The molecular formula is C16H11F2N3OS. The van der Waals surface area contributed by atoms with Crippen LogP contribution in [-0.2, 0) is 0 Å². The maximum Gasteiger partial charge on any atom is 0.259 e. The molecule has 2 heterocycles. The highest BCUT2D eigenvalue weighted by atomic mass is 32.1. The van der Waals surface area contributed by atoms with E-state index in [4.69, 9.17) is 0 Å². The molecule has 23 heavy (non-hydrogen) atoms. The van der Waals surface area contributed by atoms with Gasteiger partial charge in [0.25, 0.3) is 5.91 Å². The Labute approximate surface area is 134 Å². The monoisotopic (exact) mass is 331 g/mol. The van der Waals surface area contributed by atoms with Crippen LogP contribution in [0.2, 0.25) is 0 Å². The number of nitrogens with one attached hydrogen (secondary N) is 1. The second kappa shape index (κ2) is 6.21. The van der Waals surface area contributed by atoms with E-state index in [1.165, 1.54) is 6.20 Å². The first kappa shape index (κ1) is 15.2. The SMILES string of the molecule is Cc1ccc(C(=O)Nc2nc(-c3cc(F)ccc3F)cs2)cn1. The average molecular weight is 331 g/mol. The first-order chi connectivity index (χ1) is 11.0. The standard InChI is InChI=1S/C16H11F2N3OS/c1-9-2-3-10(7-19-9)15(22)21-16-20-14(8-23-16)12-6-11(17)4-5-13(12)18/h2-8H,1H3,(H,20,21,22). The number of aryl methyl sites for hydroxylation is 1. The summed E-state index contributed by atoms with van der Waals surface area (Å²) in [6, 6.07) is 6.53. The normalized spacial score (nSPS) is 10.6. The first-order valence-electron chi connectivity index (χ1n) is 6.68. The van der Waals surface area contributed by atoms with Crippen LogP contribution in [0.1, 0.15) is 16.1 Å². The van der Waals surface area contributed by atoms with Crippen LogP contribution in [0.4, 0.5) is 13.9 Å². The number of amides is 1. The van der Waals surface area contributed by atoms with Crippen LogP contribution in [0.5, 0.6) is 0 Å². The van der Waals surface area contributed by atoms with Crippen LogP contribution in [0.15, 0.2) is 41.9 Å². The zero-order valence-corrected chi connectivity index (χ0v) is 12.8. The molecule has 0 saturated carbocycles. The van der Waals surface area contributed by atoms with Crippen molar-refractivity contribution in [1.29, 1.82) is 0 Å². The molecule has 0 fully saturated rings. The van der Waals surface area contributed by atoms with Crippen LogP contribution in [0.25, 0.3) is 11.3 Å². The molecule has 4 nitrogen and oxygen atoms in total. The number of hydrogen-bond donors (Lipinski definition) is 1. The minimum Gasteiger partial charge on any atom is -0.298 e. The van der Waals surface area contributed by atoms with Crippen molar-refractivity contribution in [3.05, 3.63) is 64.8 Å². The lowest BCUT2D eigenvalue weighted by Gasteiger charge is -2.02. The lowest BCUT2D eigenvalue weighted by molar-refractivity contribution is 0.102. The summed E-state index contributed by atoms with van der Waals surface area (Å²) in [6.07, 6.45) is 1.46. The van der Waals surface area contributed by atoms with Gasteiger partial charge in [0.15, 0.2) is 5.13 Å². The molecule has 1 aromatic carbocycles. The molecule has 0 unspecified atom stereocenters. The van der Waals surface area contributed by atoms with Crippen molar-refractivity contribution in [3.63, 3.8) is 0 Å². The molecular weight excluding hydrogens is 320 g/mol. The smallest absolute Gasteiger partial charge is 0.259 e. The number of carbonyl (C=O) groups excluding carboxylic acids is 1. The summed E-state index contributed by atoms with van der Waals surface area (Å²) in [6.45, 7) is 1.82. The molecule has 2 aromatic heterocycles. The van der Waals surface area contributed by atoms with E-state index < -0.39 is 11.6 Å². The number of halogens is 2. The molecule has 0 atom stereocenters. The van der Waals surface area contributed by atoms with Crippen molar-refractivity contribution >= 4 is 22.4 Å². The molecule has 0 aliphatic carbocycles. The first-order valence-corrected chi connectivity index (χ1v) is 7.56. The van der Waals surface area contributed by atoms with Gasteiger partial charge in [0.05, 0.1) is 11.3 Å². The molecule has 7 heteroatoms. The number of anilines is 1. The molecule has 0 aliphatic heterocycles. The summed E-state index contributed by atoms with van der Waals surface area (Å²) in [5, 5.41) is 4.47. The van der Waals surface area contributed by atoms with Crippen LogP contribution < -0.4 is 5.32 Å². The van der Waals surface area contributed by atoms with Gasteiger partial charge in [-0.1, -0.05) is 0 Å². The van der Waals surface area contributed by atoms with Gasteiger partial charge in [-0.05, 0) is 37.3 Å². The summed E-state index contributed by atoms with van der Waals surface area (Å²) in [5.41, 5.74) is 1.52. The molecule has 0 bridgehead atoms. The average Bonchev–Trinajstić information content (AvgIpc) is 2.98. The minimum atomic E-state index is -0.572. The predicted molar refractivity (Wildman–Crippen MR) is 84.4 cm³/mol. The van der Waals surface area contributed by atoms with Crippen LogP contribution in [0.3, 0.4) is 0 Å². The third kappa shape index (κ3) is 3.40. The van der Waals surface area contributed by atoms with Crippen molar-refractivity contribution < 1.29 is 13.6 Å². The topological polar surface area (TPSA) is 54.9 Å². The molecule has 1 amide bonds. The van der Waals surface area contributed by atoms with E-state index in [2.05, 4.69) is 15.3 Å². The zero-order chi connectivity index (χ0) is 16.4. The van der Waals surface area contributed by atoms with Crippen molar-refractivity contribution in [1.82, 2.24) is 9.97 Å². The molecule has 1 N–H and O–H groups in total. The Kier molecular flexibility index (Phi) is 4.12. The van der Waals surface area contributed by atoms with Crippen molar-refractivity contribution in [2.45, 2.75) is 6.92 Å². The maximum atomic E-state index is 13.7. The number of hydrogen-bond acceptors (Lipinski definition) is 4. The van der Waals surface area contributed by atoms with Gasteiger partial charge in [0.1, 0.15) is 11.6 Å². The molecule has 0 saturated heterocycles. The molecule has 3 rings (SSSR count). The summed E-state index contributed by atoms with van der Waals surface area (Å²) in [7, 11) is 0. The fraction of sp³-hybridized carbons (Fsp3) is 0.0625. The van der Waals surface area contributed by atoms with E-state index in [0.717, 1.165) is 35.2 Å². The number of rotatable bonds is 3. The van der Waals surface area contributed by atoms with E-state index in [0.29, 0.717) is 10.7 Å². The van der Waals surface area contributed by atoms with Gasteiger partial charge in [0, 0.05) is 22.8 Å². The molecule has 3 aromatic rings. The minimum absolute atomic E-state index is 0.0544. The Balaban J connectivity index is 1.81. The number of nitrogens with zero attached hydrogens (tertiary/aromatic N) is 2. The second-order valence-electron chi connectivity index (χ2n) is 4.80. The Morgan fingerprint density at radius 3 is 2.78 bits per heavy atom. The lowest BCUT2D eigenvalue weighted by atomic mass is 10.1. The van der Waals surface area contributed by atoms with Crippen LogP contribution >= 0.6 is 11.3 Å². The van der Waals surface area contributed by atoms with Gasteiger partial charge in [-0.15, -0.1) is 11.3 Å². The van der Waals surface area contributed by atoms with Crippen molar-refractivity contribution in [2.24, 2.45) is 0 Å². The van der Waals surface area contributed by atoms with Gasteiger partial charge < -0.3 is 0 Å². The van der Waals surface area contributed by atoms with E-state index in [1.54, 1.807) is 17.5 Å². The lowest BCUT2D eigenvalue weighted by Crippen LogP contribution is -2.12. The Bertz CT molecular complexity index is 862. The highest BCUT2D eigenvalue weighted by Crippen LogP contribution is 2.27. The van der Waals surface area contributed by atoms with E-state index >= 15 is 0 Å². The summed E-state index contributed by atoms with van der Waals surface area (Å²) in [4.78, 5) is 20.2. The fourth-order valence-corrected chi connectivity index (χ4v) is 2.63. The molecule has 0 spiro atoms. The molecule has 0 radical (unpaired) electrons. The van der Waals surface area contributed by atoms with Gasteiger partial charge in [-0.25, -0.2) is 13.8 Å².